The van der Waals surface area contributed by atoms with Crippen LogP contribution in [0.5, 0.6) is 11.5 Å². The van der Waals surface area contributed by atoms with E-state index in [0.29, 0.717) is 11.1 Å². The van der Waals surface area contributed by atoms with Crippen LogP contribution in [0.1, 0.15) is 54.7 Å². The smallest absolute Gasteiger partial charge is 0.309 e. The number of rotatable bonds is 12. The number of ketones is 1. The molecule has 10 heteroatoms. The monoisotopic (exact) mass is 541 g/mol. The normalized spacial score (nSPS) is 12.4. The highest BCUT2D eigenvalue weighted by molar-refractivity contribution is 5.99. The van der Waals surface area contributed by atoms with Crippen LogP contribution in [0, 0.1) is 17.6 Å². The van der Waals surface area contributed by atoms with E-state index in [1.54, 1.807) is 31.2 Å². The van der Waals surface area contributed by atoms with Gasteiger partial charge in [0.1, 0.15) is 17.7 Å². The fraction of sp³-hybridized carbons (Fsp3) is 0.310. The molecule has 0 aliphatic carbocycles. The third kappa shape index (κ3) is 7.83. The third-order valence-electron chi connectivity index (χ3n) is 5.94. The van der Waals surface area contributed by atoms with E-state index in [4.69, 9.17) is 18.9 Å². The highest BCUT2D eigenvalue weighted by atomic mass is 19.1. The van der Waals surface area contributed by atoms with Crippen molar-refractivity contribution in [1.82, 2.24) is 4.98 Å². The molecule has 39 heavy (non-hydrogen) atoms. The third-order valence-corrected chi connectivity index (χ3v) is 5.94. The lowest BCUT2D eigenvalue weighted by Crippen LogP contribution is -2.28. The van der Waals surface area contributed by atoms with Gasteiger partial charge in [-0.25, -0.2) is 13.8 Å². The van der Waals surface area contributed by atoms with E-state index >= 15 is 0 Å². The van der Waals surface area contributed by atoms with Gasteiger partial charge in [0.2, 0.25) is 6.79 Å². The first-order valence-electron chi connectivity index (χ1n) is 12.1. The van der Waals surface area contributed by atoms with Gasteiger partial charge in [-0.1, -0.05) is 31.2 Å². The summed E-state index contributed by atoms with van der Waals surface area (Å²) < 4.78 is 48.3. The number of halogens is 2. The second-order valence-electron chi connectivity index (χ2n) is 8.84. The molecular weight excluding hydrogens is 512 g/mol. The van der Waals surface area contributed by atoms with Gasteiger partial charge in [0.15, 0.2) is 23.0 Å². The molecule has 0 fully saturated rings. The summed E-state index contributed by atoms with van der Waals surface area (Å²) in [5, 5.41) is 0. The standard InChI is InChI=1S/C29H29F2NO7/c1-17(15-24(34)27-28(38-16-37-19(3)33)25(36-4)13-14-32-27)29(35)39-18(2)26(20-5-9-22(30)10-6-20)21-7-11-23(31)12-8-21/h5-14,17-18,26H,15-16H2,1-4H3/t17-,18-/m0/s1. The van der Waals surface area contributed by atoms with Crippen molar-refractivity contribution in [3.8, 4) is 11.5 Å². The summed E-state index contributed by atoms with van der Waals surface area (Å²) in [5.74, 6) is -3.77. The van der Waals surface area contributed by atoms with Crippen molar-refractivity contribution < 1.29 is 42.1 Å². The first-order valence-corrected chi connectivity index (χ1v) is 12.1. The molecule has 0 radical (unpaired) electrons. The topological polar surface area (TPSA) is 101 Å². The maximum atomic E-state index is 13.6. The molecule has 0 aliphatic rings. The molecule has 0 bridgehead atoms. The van der Waals surface area contributed by atoms with Crippen molar-refractivity contribution in [2.24, 2.45) is 5.92 Å². The molecule has 2 atom stereocenters. The summed E-state index contributed by atoms with van der Waals surface area (Å²) in [6.07, 6.45) is 0.364. The summed E-state index contributed by atoms with van der Waals surface area (Å²) in [6.45, 7) is 3.97. The van der Waals surface area contributed by atoms with E-state index in [1.807, 2.05) is 0 Å². The van der Waals surface area contributed by atoms with E-state index in [1.165, 1.54) is 57.5 Å². The van der Waals surface area contributed by atoms with Crippen LogP contribution in [0.3, 0.4) is 0 Å². The average Bonchev–Trinajstić information content (AvgIpc) is 2.90. The second-order valence-corrected chi connectivity index (χ2v) is 8.84. The van der Waals surface area contributed by atoms with Gasteiger partial charge in [-0.15, -0.1) is 0 Å². The zero-order valence-corrected chi connectivity index (χ0v) is 22.0. The van der Waals surface area contributed by atoms with Gasteiger partial charge in [0, 0.05) is 31.5 Å². The molecule has 0 spiro atoms. The SMILES string of the molecule is COc1ccnc(C(=O)C[C@H](C)C(=O)O[C@@H](C)C(c2ccc(F)cc2)c2ccc(F)cc2)c1OCOC(C)=O. The number of benzene rings is 2. The minimum Gasteiger partial charge on any atom is -0.493 e. The van der Waals surface area contributed by atoms with Crippen molar-refractivity contribution in [1.29, 1.82) is 0 Å². The molecule has 0 aliphatic heterocycles. The van der Waals surface area contributed by atoms with Crippen LogP contribution in [0.4, 0.5) is 8.78 Å². The molecule has 3 rings (SSSR count). The number of methoxy groups -OCH3 is 1. The number of nitrogens with zero attached hydrogens (tertiary/aromatic N) is 1. The summed E-state index contributed by atoms with van der Waals surface area (Å²) in [6, 6.07) is 13.0. The molecule has 0 N–H and O–H groups in total. The Morgan fingerprint density at radius 3 is 1.97 bits per heavy atom. The number of carbonyl (C=O) groups is 3. The number of esters is 2. The zero-order chi connectivity index (χ0) is 28.5. The largest absolute Gasteiger partial charge is 0.493 e. The van der Waals surface area contributed by atoms with E-state index in [-0.39, 0.29) is 23.6 Å². The molecule has 8 nitrogen and oxygen atoms in total. The molecule has 0 amide bonds. The van der Waals surface area contributed by atoms with Gasteiger partial charge >= 0.3 is 11.9 Å². The molecule has 0 saturated heterocycles. The molecule has 0 saturated carbocycles. The van der Waals surface area contributed by atoms with Crippen molar-refractivity contribution in [3.05, 3.63) is 89.2 Å². The number of ether oxygens (including phenoxy) is 4. The Bertz CT molecular complexity index is 1250. The van der Waals surface area contributed by atoms with Gasteiger partial charge in [-0.2, -0.15) is 0 Å². The molecule has 206 valence electrons. The Hall–Kier alpha value is -4.34. The Morgan fingerprint density at radius 1 is 0.897 bits per heavy atom. The lowest BCUT2D eigenvalue weighted by Gasteiger charge is -2.26. The average molecular weight is 542 g/mol. The predicted molar refractivity (Wildman–Crippen MR) is 136 cm³/mol. The number of hydrogen-bond acceptors (Lipinski definition) is 8. The van der Waals surface area contributed by atoms with Gasteiger partial charge in [-0.05, 0) is 42.3 Å². The van der Waals surface area contributed by atoms with Crippen LogP contribution >= 0.6 is 0 Å². The summed E-state index contributed by atoms with van der Waals surface area (Å²) in [5.41, 5.74) is 1.24. The minimum absolute atomic E-state index is 0.0205. The Labute approximate surface area is 224 Å². The fourth-order valence-electron chi connectivity index (χ4n) is 4.00. The van der Waals surface area contributed by atoms with Crippen LogP contribution in [-0.2, 0) is 19.1 Å². The van der Waals surface area contributed by atoms with Gasteiger partial charge in [0.05, 0.1) is 13.0 Å². The molecule has 0 unspecified atom stereocenters. The van der Waals surface area contributed by atoms with E-state index in [2.05, 4.69) is 4.98 Å². The maximum Gasteiger partial charge on any atom is 0.309 e. The lowest BCUT2D eigenvalue weighted by atomic mass is 9.87. The maximum absolute atomic E-state index is 13.6. The zero-order valence-electron chi connectivity index (χ0n) is 22.0. The van der Waals surface area contributed by atoms with E-state index in [9.17, 15) is 23.2 Å². The van der Waals surface area contributed by atoms with Gasteiger partial charge in [0.25, 0.3) is 0 Å². The molecule has 1 heterocycles. The Balaban J connectivity index is 1.75. The summed E-state index contributed by atoms with van der Waals surface area (Å²) >= 11 is 0. The second kappa shape index (κ2) is 13.5. The minimum atomic E-state index is -0.864. The van der Waals surface area contributed by atoms with Gasteiger partial charge in [-0.3, -0.25) is 14.4 Å². The van der Waals surface area contributed by atoms with Crippen LogP contribution in [0.15, 0.2) is 60.8 Å². The Morgan fingerprint density at radius 2 is 1.46 bits per heavy atom. The molecule has 2 aromatic carbocycles. The highest BCUT2D eigenvalue weighted by Gasteiger charge is 2.29. The summed E-state index contributed by atoms with van der Waals surface area (Å²) in [7, 11) is 1.38. The first-order chi connectivity index (χ1) is 18.6. The highest BCUT2D eigenvalue weighted by Crippen LogP contribution is 2.33. The van der Waals surface area contributed by atoms with E-state index in [0.717, 1.165) is 0 Å². The van der Waals surface area contributed by atoms with Crippen LogP contribution in [0.25, 0.3) is 0 Å². The number of hydrogen-bond donors (Lipinski definition) is 0. The Kier molecular flexibility index (Phi) is 10.1. The quantitative estimate of drug-likeness (QED) is 0.174. The number of pyridine rings is 1. The summed E-state index contributed by atoms with van der Waals surface area (Å²) in [4.78, 5) is 41.3. The fourth-order valence-corrected chi connectivity index (χ4v) is 4.00. The van der Waals surface area contributed by atoms with Crippen molar-refractivity contribution in [3.63, 3.8) is 0 Å². The lowest BCUT2D eigenvalue weighted by molar-refractivity contribution is -0.153. The van der Waals surface area contributed by atoms with Crippen molar-refractivity contribution in [2.45, 2.75) is 39.2 Å². The number of aromatic nitrogens is 1. The van der Waals surface area contributed by atoms with Crippen molar-refractivity contribution >= 4 is 17.7 Å². The van der Waals surface area contributed by atoms with Crippen LogP contribution in [-0.4, -0.2) is 42.7 Å². The van der Waals surface area contributed by atoms with Crippen molar-refractivity contribution in [2.75, 3.05) is 13.9 Å². The number of carbonyl (C=O) groups excluding carboxylic acids is 3. The van der Waals surface area contributed by atoms with Gasteiger partial charge < -0.3 is 18.9 Å². The van der Waals surface area contributed by atoms with E-state index < -0.39 is 54.1 Å². The molecular formula is C29H29F2NO7. The number of Topliss-reactive ketones (excluding diaryl/α,β-unsaturated/α-hetero) is 1. The first kappa shape index (κ1) is 29.2. The molecule has 3 aromatic rings. The van der Waals surface area contributed by atoms with Crippen LogP contribution in [0.2, 0.25) is 0 Å². The molecule has 1 aromatic heterocycles. The van der Waals surface area contributed by atoms with Crippen LogP contribution < -0.4 is 9.47 Å². The predicted octanol–water partition coefficient (Wildman–Crippen LogP) is 5.24.